The Labute approximate surface area is 175 Å². The van der Waals surface area contributed by atoms with E-state index in [4.69, 9.17) is 0 Å². The van der Waals surface area contributed by atoms with E-state index >= 15 is 0 Å². The maximum absolute atomic E-state index is 12.7. The SMILES string of the molecule is CN=C(NCC1(C(=O)N(C)C)CCCC1)NC1CCN(C2CC2)CC1.I. The highest BCUT2D eigenvalue weighted by Crippen LogP contribution is 2.39. The van der Waals surface area contributed by atoms with Gasteiger partial charge in [0.15, 0.2) is 5.96 Å². The van der Waals surface area contributed by atoms with Crippen LogP contribution in [0, 0.1) is 5.41 Å². The lowest BCUT2D eigenvalue weighted by atomic mass is 9.84. The number of likely N-dealkylation sites (tertiary alicyclic amines) is 1. The fraction of sp³-hybridized carbons (Fsp3) is 0.895. The summed E-state index contributed by atoms with van der Waals surface area (Å²) in [7, 11) is 5.55. The van der Waals surface area contributed by atoms with Crippen LogP contribution in [-0.2, 0) is 4.79 Å². The average molecular weight is 477 g/mol. The van der Waals surface area contributed by atoms with Gasteiger partial charge in [-0.05, 0) is 38.5 Å². The molecule has 0 aromatic rings. The number of amides is 1. The van der Waals surface area contributed by atoms with Crippen LogP contribution in [0.3, 0.4) is 0 Å². The van der Waals surface area contributed by atoms with E-state index < -0.39 is 0 Å². The first-order chi connectivity index (χ1) is 12.0. The third-order valence-electron chi connectivity index (χ3n) is 6.17. The van der Waals surface area contributed by atoms with Crippen LogP contribution in [0.5, 0.6) is 0 Å². The van der Waals surface area contributed by atoms with Gasteiger partial charge >= 0.3 is 0 Å². The Morgan fingerprint density at radius 1 is 1.15 bits per heavy atom. The van der Waals surface area contributed by atoms with Gasteiger partial charge < -0.3 is 20.4 Å². The first-order valence-corrected chi connectivity index (χ1v) is 9.97. The molecule has 3 aliphatic rings. The zero-order chi connectivity index (χ0) is 17.9. The number of hydrogen-bond acceptors (Lipinski definition) is 3. The standard InChI is InChI=1S/C19H35N5O.HI/c1-20-18(22-15-8-12-24(13-9-15)16-6-7-16)21-14-19(10-4-5-11-19)17(25)23(2)3;/h15-16H,4-14H2,1-3H3,(H2,20,21,22);1H. The van der Waals surface area contributed by atoms with Gasteiger partial charge in [-0.2, -0.15) is 0 Å². The van der Waals surface area contributed by atoms with E-state index in [1.54, 1.807) is 4.90 Å². The molecule has 2 N–H and O–H groups in total. The quantitative estimate of drug-likeness (QED) is 0.362. The summed E-state index contributed by atoms with van der Waals surface area (Å²) < 4.78 is 0. The van der Waals surface area contributed by atoms with Crippen molar-refractivity contribution in [3.05, 3.63) is 0 Å². The summed E-state index contributed by atoms with van der Waals surface area (Å²) in [4.78, 5) is 21.5. The summed E-state index contributed by atoms with van der Waals surface area (Å²) in [5, 5.41) is 7.04. The monoisotopic (exact) mass is 477 g/mol. The number of nitrogens with one attached hydrogen (secondary N) is 2. The predicted octanol–water partition coefficient (Wildman–Crippen LogP) is 2.04. The molecule has 2 aliphatic carbocycles. The van der Waals surface area contributed by atoms with Crippen molar-refractivity contribution in [2.75, 3.05) is 40.8 Å². The van der Waals surface area contributed by atoms with E-state index in [-0.39, 0.29) is 35.3 Å². The van der Waals surface area contributed by atoms with Crippen molar-refractivity contribution < 1.29 is 4.79 Å². The van der Waals surface area contributed by atoms with Crippen LogP contribution >= 0.6 is 24.0 Å². The van der Waals surface area contributed by atoms with E-state index in [1.807, 2.05) is 21.1 Å². The molecule has 0 spiro atoms. The molecule has 1 amide bonds. The van der Waals surface area contributed by atoms with Crippen molar-refractivity contribution in [2.24, 2.45) is 10.4 Å². The van der Waals surface area contributed by atoms with Gasteiger partial charge in [0.25, 0.3) is 0 Å². The predicted molar refractivity (Wildman–Crippen MR) is 117 cm³/mol. The van der Waals surface area contributed by atoms with Crippen molar-refractivity contribution in [2.45, 2.75) is 63.5 Å². The number of halogens is 1. The fourth-order valence-corrected chi connectivity index (χ4v) is 4.48. The molecule has 3 fully saturated rings. The molecule has 1 aliphatic heterocycles. The van der Waals surface area contributed by atoms with E-state index in [0.717, 1.165) is 37.7 Å². The van der Waals surface area contributed by atoms with Crippen molar-refractivity contribution in [3.8, 4) is 0 Å². The number of rotatable bonds is 5. The van der Waals surface area contributed by atoms with Gasteiger partial charge in [0.1, 0.15) is 0 Å². The van der Waals surface area contributed by atoms with Crippen LogP contribution in [0.4, 0.5) is 0 Å². The van der Waals surface area contributed by atoms with Gasteiger partial charge in [-0.3, -0.25) is 9.79 Å². The highest BCUT2D eigenvalue weighted by molar-refractivity contribution is 14.0. The van der Waals surface area contributed by atoms with Crippen molar-refractivity contribution in [3.63, 3.8) is 0 Å². The molecule has 0 bridgehead atoms. The highest BCUT2D eigenvalue weighted by atomic mass is 127. The van der Waals surface area contributed by atoms with Crippen LogP contribution in [0.25, 0.3) is 0 Å². The third kappa shape index (κ3) is 5.24. The maximum atomic E-state index is 12.7. The molecule has 0 atom stereocenters. The van der Waals surface area contributed by atoms with Crippen LogP contribution < -0.4 is 10.6 Å². The van der Waals surface area contributed by atoms with Gasteiger partial charge in [-0.15, -0.1) is 24.0 Å². The van der Waals surface area contributed by atoms with Gasteiger partial charge in [0.2, 0.25) is 5.91 Å². The minimum absolute atomic E-state index is 0. The Hall–Kier alpha value is -0.570. The number of carbonyl (C=O) groups is 1. The zero-order valence-electron chi connectivity index (χ0n) is 16.6. The molecule has 1 saturated heterocycles. The van der Waals surface area contributed by atoms with E-state index in [1.165, 1.54) is 38.8 Å². The third-order valence-corrected chi connectivity index (χ3v) is 6.17. The summed E-state index contributed by atoms with van der Waals surface area (Å²) in [6.45, 7) is 3.08. The zero-order valence-corrected chi connectivity index (χ0v) is 18.9. The fourth-order valence-electron chi connectivity index (χ4n) is 4.48. The lowest BCUT2D eigenvalue weighted by Crippen LogP contribution is -2.52. The Bertz CT molecular complexity index is 492. The summed E-state index contributed by atoms with van der Waals surface area (Å²) in [5.41, 5.74) is -0.254. The Balaban J connectivity index is 0.00000243. The van der Waals surface area contributed by atoms with Crippen molar-refractivity contribution >= 4 is 35.8 Å². The van der Waals surface area contributed by atoms with Crippen LogP contribution in [0.1, 0.15) is 51.4 Å². The molecule has 6 nitrogen and oxygen atoms in total. The van der Waals surface area contributed by atoms with Gasteiger partial charge in [0.05, 0.1) is 5.41 Å². The molecule has 0 radical (unpaired) electrons. The molecule has 1 heterocycles. The summed E-state index contributed by atoms with van der Waals surface area (Å²) >= 11 is 0. The second kappa shape index (κ2) is 9.57. The Morgan fingerprint density at radius 3 is 2.27 bits per heavy atom. The van der Waals surface area contributed by atoms with Crippen LogP contribution in [-0.4, -0.2) is 74.5 Å². The second-order valence-electron chi connectivity index (χ2n) is 8.30. The Kier molecular flexibility index (Phi) is 8.00. The lowest BCUT2D eigenvalue weighted by Gasteiger charge is -2.34. The lowest BCUT2D eigenvalue weighted by molar-refractivity contribution is -0.138. The molecule has 3 rings (SSSR count). The Morgan fingerprint density at radius 2 is 1.77 bits per heavy atom. The van der Waals surface area contributed by atoms with Gasteiger partial charge in [0, 0.05) is 52.9 Å². The highest BCUT2D eigenvalue weighted by Gasteiger charge is 2.42. The molecule has 2 saturated carbocycles. The van der Waals surface area contributed by atoms with E-state index in [0.29, 0.717) is 12.6 Å². The minimum Gasteiger partial charge on any atom is -0.355 e. The number of aliphatic imine (C=N–C) groups is 1. The normalized spacial score (nSPS) is 24.0. The average Bonchev–Trinajstić information content (AvgIpc) is 3.36. The number of hydrogen-bond donors (Lipinski definition) is 2. The number of guanidine groups is 1. The van der Waals surface area contributed by atoms with Crippen molar-refractivity contribution in [1.82, 2.24) is 20.4 Å². The second-order valence-corrected chi connectivity index (χ2v) is 8.30. The molecule has 0 aromatic heterocycles. The number of nitrogens with zero attached hydrogens (tertiary/aromatic N) is 3. The molecular formula is C19H36IN5O. The van der Waals surface area contributed by atoms with E-state index in [9.17, 15) is 4.79 Å². The first kappa shape index (κ1) is 21.7. The summed E-state index contributed by atoms with van der Waals surface area (Å²) in [5.74, 6) is 1.10. The topological polar surface area (TPSA) is 60.0 Å². The van der Waals surface area contributed by atoms with Gasteiger partial charge in [-0.25, -0.2) is 0 Å². The van der Waals surface area contributed by atoms with Crippen LogP contribution in [0.2, 0.25) is 0 Å². The van der Waals surface area contributed by atoms with E-state index in [2.05, 4.69) is 20.5 Å². The van der Waals surface area contributed by atoms with Gasteiger partial charge in [-0.1, -0.05) is 12.8 Å². The number of carbonyl (C=O) groups excluding carboxylic acids is 1. The smallest absolute Gasteiger partial charge is 0.230 e. The van der Waals surface area contributed by atoms with Crippen molar-refractivity contribution in [1.29, 1.82) is 0 Å². The first-order valence-electron chi connectivity index (χ1n) is 9.97. The molecule has 150 valence electrons. The van der Waals surface area contributed by atoms with Crippen LogP contribution in [0.15, 0.2) is 4.99 Å². The minimum atomic E-state index is -0.254. The molecule has 0 unspecified atom stereocenters. The molecule has 0 aromatic carbocycles. The maximum Gasteiger partial charge on any atom is 0.230 e. The largest absolute Gasteiger partial charge is 0.355 e. The molecule has 26 heavy (non-hydrogen) atoms. The number of piperidine rings is 1. The summed E-state index contributed by atoms with van der Waals surface area (Å²) in [6, 6.07) is 1.36. The molecule has 7 heteroatoms. The summed E-state index contributed by atoms with van der Waals surface area (Å²) in [6.07, 6.45) is 9.39. The molecular weight excluding hydrogens is 441 g/mol.